The van der Waals surface area contributed by atoms with Crippen LogP contribution in [0.2, 0.25) is 0 Å². The molecular formula is C17H26BrClN2O2. The van der Waals surface area contributed by atoms with Crippen LogP contribution in [0, 0.1) is 0 Å². The average Bonchev–Trinajstić information content (AvgIpc) is 2.53. The monoisotopic (exact) mass is 404 g/mol. The quantitative estimate of drug-likeness (QED) is 0.764. The van der Waals surface area contributed by atoms with E-state index in [-0.39, 0.29) is 23.7 Å². The van der Waals surface area contributed by atoms with Crippen LogP contribution < -0.4 is 11.1 Å². The molecule has 0 saturated carbocycles. The molecule has 1 unspecified atom stereocenters. The molecule has 0 aliphatic carbocycles. The minimum atomic E-state index is -0.413. The summed E-state index contributed by atoms with van der Waals surface area (Å²) >= 11 is 3.54. The van der Waals surface area contributed by atoms with Crippen LogP contribution in [0.15, 0.2) is 28.7 Å². The van der Waals surface area contributed by atoms with Gasteiger partial charge >= 0.3 is 0 Å². The normalized spacial score (nSPS) is 17.9. The van der Waals surface area contributed by atoms with Crippen molar-refractivity contribution in [2.24, 2.45) is 5.73 Å². The Kier molecular flexibility index (Phi) is 8.54. The molecule has 1 aliphatic rings. The fraction of sp³-hybridized carbons (Fsp3) is 0.588. The van der Waals surface area contributed by atoms with Gasteiger partial charge in [0, 0.05) is 29.6 Å². The van der Waals surface area contributed by atoms with Crippen LogP contribution in [-0.2, 0) is 14.9 Å². The van der Waals surface area contributed by atoms with Crippen LogP contribution >= 0.6 is 28.3 Å². The lowest BCUT2D eigenvalue weighted by Gasteiger charge is -2.38. The maximum absolute atomic E-state index is 12.1. The van der Waals surface area contributed by atoms with Crippen molar-refractivity contribution in [3.8, 4) is 0 Å². The third-order valence-electron chi connectivity index (χ3n) is 4.42. The largest absolute Gasteiger partial charge is 0.381 e. The second-order valence-corrected chi connectivity index (χ2v) is 6.93. The summed E-state index contributed by atoms with van der Waals surface area (Å²) in [6.07, 6.45) is 3.46. The summed E-state index contributed by atoms with van der Waals surface area (Å²) in [6.45, 7) is 4.10. The Morgan fingerprint density at radius 2 is 2.13 bits per heavy atom. The maximum atomic E-state index is 12.1. The standard InChI is InChI=1S/C17H25BrN2O2.ClH/c1-2-4-15(19)16(21)20-12-17(7-9-22-10-8-17)13-5-3-6-14(18)11-13;/h3,5-6,11,15H,2,4,7-10,12,19H2,1H3,(H,20,21);1H. The summed E-state index contributed by atoms with van der Waals surface area (Å²) in [5, 5.41) is 3.06. The molecule has 23 heavy (non-hydrogen) atoms. The molecule has 3 N–H and O–H groups in total. The molecule has 1 heterocycles. The Bertz CT molecular complexity index is 507. The van der Waals surface area contributed by atoms with Crippen LogP contribution in [-0.4, -0.2) is 31.7 Å². The van der Waals surface area contributed by atoms with Crippen molar-refractivity contribution in [1.29, 1.82) is 0 Å². The highest BCUT2D eigenvalue weighted by molar-refractivity contribution is 9.10. The van der Waals surface area contributed by atoms with E-state index in [0.29, 0.717) is 6.54 Å². The number of halogens is 2. The molecule has 1 saturated heterocycles. The van der Waals surface area contributed by atoms with E-state index in [1.165, 1.54) is 5.56 Å². The van der Waals surface area contributed by atoms with Crippen molar-refractivity contribution >= 4 is 34.2 Å². The molecule has 4 nitrogen and oxygen atoms in total. The molecule has 0 radical (unpaired) electrons. The number of amides is 1. The van der Waals surface area contributed by atoms with Gasteiger partial charge in [0.1, 0.15) is 0 Å². The summed E-state index contributed by atoms with van der Waals surface area (Å²) in [6, 6.07) is 7.93. The first kappa shape index (κ1) is 20.4. The van der Waals surface area contributed by atoms with E-state index in [2.05, 4.69) is 33.4 Å². The average molecular weight is 406 g/mol. The lowest BCUT2D eigenvalue weighted by molar-refractivity contribution is -0.123. The maximum Gasteiger partial charge on any atom is 0.236 e. The van der Waals surface area contributed by atoms with E-state index in [1.807, 2.05) is 19.1 Å². The number of rotatable bonds is 6. The molecule has 130 valence electrons. The zero-order valence-electron chi connectivity index (χ0n) is 13.5. The molecule has 0 bridgehead atoms. The number of carbonyl (C=O) groups is 1. The smallest absolute Gasteiger partial charge is 0.236 e. The van der Waals surface area contributed by atoms with Crippen LogP contribution in [0.3, 0.4) is 0 Å². The van der Waals surface area contributed by atoms with Gasteiger partial charge in [0.05, 0.1) is 6.04 Å². The predicted octanol–water partition coefficient (Wildman–Crippen LogP) is 3.16. The Labute approximate surface area is 153 Å². The third-order valence-corrected chi connectivity index (χ3v) is 4.92. The van der Waals surface area contributed by atoms with Gasteiger partial charge in [-0.25, -0.2) is 0 Å². The van der Waals surface area contributed by atoms with Crippen LogP contribution in [0.5, 0.6) is 0 Å². The molecule has 0 aromatic heterocycles. The molecule has 1 aromatic carbocycles. The van der Waals surface area contributed by atoms with Crippen molar-refractivity contribution < 1.29 is 9.53 Å². The van der Waals surface area contributed by atoms with Crippen LogP contribution in [0.4, 0.5) is 0 Å². The van der Waals surface area contributed by atoms with Crippen LogP contribution in [0.1, 0.15) is 38.2 Å². The molecule has 1 aliphatic heterocycles. The van der Waals surface area contributed by atoms with Crippen molar-refractivity contribution in [3.63, 3.8) is 0 Å². The zero-order chi connectivity index (χ0) is 16.0. The molecule has 0 spiro atoms. The SMILES string of the molecule is CCCC(N)C(=O)NCC1(c2cccc(Br)c2)CCOCC1.Cl. The molecule has 6 heteroatoms. The Balaban J connectivity index is 0.00000264. The molecule has 1 atom stereocenters. The van der Waals surface area contributed by atoms with E-state index in [4.69, 9.17) is 10.5 Å². The topological polar surface area (TPSA) is 64.4 Å². The van der Waals surface area contributed by atoms with E-state index in [9.17, 15) is 4.79 Å². The highest BCUT2D eigenvalue weighted by Crippen LogP contribution is 2.35. The van der Waals surface area contributed by atoms with Gasteiger partial charge in [0.25, 0.3) is 0 Å². The number of nitrogens with two attached hydrogens (primary N) is 1. The summed E-state index contributed by atoms with van der Waals surface area (Å²) in [5.41, 5.74) is 7.08. The first-order chi connectivity index (χ1) is 10.6. The highest BCUT2D eigenvalue weighted by Gasteiger charge is 2.35. The molecule has 1 aromatic rings. The first-order valence-corrected chi connectivity index (χ1v) is 8.74. The van der Waals surface area contributed by atoms with Crippen molar-refractivity contribution in [1.82, 2.24) is 5.32 Å². The second kappa shape index (κ2) is 9.62. The molecular weight excluding hydrogens is 380 g/mol. The lowest BCUT2D eigenvalue weighted by Crippen LogP contribution is -2.48. The molecule has 2 rings (SSSR count). The van der Waals surface area contributed by atoms with E-state index < -0.39 is 6.04 Å². The number of hydrogen-bond acceptors (Lipinski definition) is 3. The van der Waals surface area contributed by atoms with Crippen molar-refractivity contribution in [2.45, 2.75) is 44.1 Å². The van der Waals surface area contributed by atoms with Gasteiger partial charge in [-0.15, -0.1) is 12.4 Å². The number of benzene rings is 1. The number of nitrogens with one attached hydrogen (secondary N) is 1. The highest BCUT2D eigenvalue weighted by atomic mass is 79.9. The van der Waals surface area contributed by atoms with E-state index in [0.717, 1.165) is 43.4 Å². The summed E-state index contributed by atoms with van der Waals surface area (Å²) in [4.78, 5) is 12.1. The lowest BCUT2D eigenvalue weighted by atomic mass is 9.74. The van der Waals surface area contributed by atoms with E-state index in [1.54, 1.807) is 0 Å². The summed E-state index contributed by atoms with van der Waals surface area (Å²) in [7, 11) is 0. The van der Waals surface area contributed by atoms with Crippen molar-refractivity contribution in [3.05, 3.63) is 34.3 Å². The summed E-state index contributed by atoms with van der Waals surface area (Å²) in [5.74, 6) is -0.0530. The van der Waals surface area contributed by atoms with Crippen molar-refractivity contribution in [2.75, 3.05) is 19.8 Å². The van der Waals surface area contributed by atoms with Crippen LogP contribution in [0.25, 0.3) is 0 Å². The van der Waals surface area contributed by atoms with Gasteiger partial charge in [0.15, 0.2) is 0 Å². The van der Waals surface area contributed by atoms with Gasteiger partial charge in [0.2, 0.25) is 5.91 Å². The molecule has 1 amide bonds. The van der Waals surface area contributed by atoms with Gasteiger partial charge in [-0.3, -0.25) is 4.79 Å². The Morgan fingerprint density at radius 3 is 2.74 bits per heavy atom. The second-order valence-electron chi connectivity index (χ2n) is 6.02. The first-order valence-electron chi connectivity index (χ1n) is 7.94. The van der Waals surface area contributed by atoms with E-state index >= 15 is 0 Å². The molecule has 1 fully saturated rings. The number of hydrogen-bond donors (Lipinski definition) is 2. The summed E-state index contributed by atoms with van der Waals surface area (Å²) < 4.78 is 6.58. The Hall–Kier alpha value is -0.620. The number of carbonyl (C=O) groups excluding carboxylic acids is 1. The minimum absolute atomic E-state index is 0. The van der Waals surface area contributed by atoms with Gasteiger partial charge in [-0.05, 0) is 37.0 Å². The fourth-order valence-electron chi connectivity index (χ4n) is 2.98. The number of ether oxygens (including phenoxy) is 1. The van der Waals surface area contributed by atoms with Gasteiger partial charge in [-0.1, -0.05) is 41.4 Å². The van der Waals surface area contributed by atoms with Gasteiger partial charge in [-0.2, -0.15) is 0 Å². The van der Waals surface area contributed by atoms with Gasteiger partial charge < -0.3 is 15.8 Å². The third kappa shape index (κ3) is 5.45. The fourth-order valence-corrected chi connectivity index (χ4v) is 3.38. The zero-order valence-corrected chi connectivity index (χ0v) is 15.9. The minimum Gasteiger partial charge on any atom is -0.381 e. The Morgan fingerprint density at radius 1 is 1.43 bits per heavy atom. The predicted molar refractivity (Wildman–Crippen MR) is 99.0 cm³/mol.